The van der Waals surface area contributed by atoms with Crippen LogP contribution in [0.15, 0.2) is 6.33 Å². The molecule has 6 nitrogen and oxygen atoms in total. The largest absolute Gasteiger partial charge is 0.477 e. The molecule has 0 aromatic carbocycles. The number of nitrogens with zero attached hydrogens (tertiary/aromatic N) is 2. The van der Waals surface area contributed by atoms with Gasteiger partial charge in [0.15, 0.2) is 11.4 Å². The van der Waals surface area contributed by atoms with Crippen LogP contribution in [0.2, 0.25) is 0 Å². The van der Waals surface area contributed by atoms with Crippen molar-refractivity contribution < 1.29 is 14.7 Å². The van der Waals surface area contributed by atoms with E-state index in [0.717, 1.165) is 19.3 Å². The highest BCUT2D eigenvalue weighted by atomic mass is 16.4. The predicted octanol–water partition coefficient (Wildman–Crippen LogP) is 0.732. The maximum absolute atomic E-state index is 11.9. The zero-order chi connectivity index (χ0) is 11.7. The topological polar surface area (TPSA) is 86.3 Å². The molecule has 0 spiro atoms. The van der Waals surface area contributed by atoms with Gasteiger partial charge in [0, 0.05) is 13.1 Å². The minimum absolute atomic E-state index is 0.0121. The summed E-state index contributed by atoms with van der Waals surface area (Å²) in [7, 11) is 1.69. The summed E-state index contributed by atoms with van der Waals surface area (Å²) < 4.78 is 0. The van der Waals surface area contributed by atoms with E-state index in [9.17, 15) is 9.59 Å². The van der Waals surface area contributed by atoms with Crippen molar-refractivity contribution in [3.05, 3.63) is 17.7 Å². The third-order valence-corrected chi connectivity index (χ3v) is 3.00. The Bertz CT molecular complexity index is 423. The summed E-state index contributed by atoms with van der Waals surface area (Å²) in [5.41, 5.74) is -0.155. The van der Waals surface area contributed by atoms with Gasteiger partial charge in [-0.2, -0.15) is 0 Å². The molecular weight excluding hydrogens is 210 g/mol. The summed E-state index contributed by atoms with van der Waals surface area (Å²) in [6.07, 6.45) is 4.31. The maximum atomic E-state index is 11.9. The lowest BCUT2D eigenvalue weighted by Crippen LogP contribution is -2.41. The molecule has 0 saturated heterocycles. The number of hydrogen-bond donors (Lipinski definition) is 2. The molecule has 1 aromatic rings. The fraction of sp³-hybridized carbons (Fsp3) is 0.500. The number of rotatable bonds is 3. The number of imidazole rings is 1. The van der Waals surface area contributed by atoms with E-state index in [1.165, 1.54) is 6.33 Å². The van der Waals surface area contributed by atoms with Crippen molar-refractivity contribution in [3.63, 3.8) is 0 Å². The molecule has 0 bridgehead atoms. The maximum Gasteiger partial charge on any atom is 0.354 e. The second-order valence-corrected chi connectivity index (χ2v) is 3.93. The second-order valence-electron chi connectivity index (χ2n) is 3.93. The Kier molecular flexibility index (Phi) is 2.64. The zero-order valence-electron chi connectivity index (χ0n) is 8.93. The van der Waals surface area contributed by atoms with Crippen LogP contribution < -0.4 is 0 Å². The fourth-order valence-electron chi connectivity index (χ4n) is 1.73. The van der Waals surface area contributed by atoms with Crippen LogP contribution in [0, 0.1) is 0 Å². The average molecular weight is 223 g/mol. The Morgan fingerprint density at radius 1 is 1.56 bits per heavy atom. The molecule has 0 radical (unpaired) electrons. The van der Waals surface area contributed by atoms with Gasteiger partial charge < -0.3 is 15.0 Å². The van der Waals surface area contributed by atoms with Gasteiger partial charge in [-0.05, 0) is 19.3 Å². The second kappa shape index (κ2) is 3.96. The van der Waals surface area contributed by atoms with Crippen LogP contribution in [0.1, 0.15) is 40.2 Å². The van der Waals surface area contributed by atoms with Crippen molar-refractivity contribution in [3.8, 4) is 0 Å². The van der Waals surface area contributed by atoms with E-state index in [-0.39, 0.29) is 23.3 Å². The van der Waals surface area contributed by atoms with Crippen molar-refractivity contribution >= 4 is 11.9 Å². The Labute approximate surface area is 92.3 Å². The van der Waals surface area contributed by atoms with Crippen LogP contribution in [-0.4, -0.2) is 44.9 Å². The number of carboxylic acid groups (broad SMARTS) is 1. The number of aromatic amines is 1. The SMILES string of the molecule is CN(C(=O)c1nc[nH]c1C(=O)O)C1CCC1. The third kappa shape index (κ3) is 1.66. The minimum Gasteiger partial charge on any atom is -0.477 e. The predicted molar refractivity (Wildman–Crippen MR) is 55.3 cm³/mol. The molecule has 1 aliphatic rings. The van der Waals surface area contributed by atoms with Gasteiger partial charge in [-0.3, -0.25) is 4.79 Å². The number of aromatic nitrogens is 2. The molecule has 1 aromatic heterocycles. The van der Waals surface area contributed by atoms with Gasteiger partial charge in [0.2, 0.25) is 0 Å². The summed E-state index contributed by atoms with van der Waals surface area (Å²) in [4.78, 5) is 30.6. The molecule has 0 aliphatic heterocycles. The Morgan fingerprint density at radius 2 is 2.25 bits per heavy atom. The number of carbonyl (C=O) groups is 2. The van der Waals surface area contributed by atoms with Crippen LogP contribution in [0.5, 0.6) is 0 Å². The van der Waals surface area contributed by atoms with E-state index >= 15 is 0 Å². The molecule has 1 aliphatic carbocycles. The lowest BCUT2D eigenvalue weighted by molar-refractivity contribution is 0.0620. The highest BCUT2D eigenvalue weighted by molar-refractivity contribution is 6.02. The number of amides is 1. The molecule has 1 saturated carbocycles. The van der Waals surface area contributed by atoms with Crippen molar-refractivity contribution in [2.24, 2.45) is 0 Å². The fourth-order valence-corrected chi connectivity index (χ4v) is 1.73. The molecule has 2 N–H and O–H groups in total. The molecule has 1 heterocycles. The van der Waals surface area contributed by atoms with Gasteiger partial charge in [-0.25, -0.2) is 9.78 Å². The van der Waals surface area contributed by atoms with E-state index in [1.807, 2.05) is 0 Å². The normalized spacial score (nSPS) is 15.6. The number of H-pyrrole nitrogens is 1. The monoisotopic (exact) mass is 223 g/mol. The van der Waals surface area contributed by atoms with E-state index in [4.69, 9.17) is 5.11 Å². The van der Waals surface area contributed by atoms with Crippen molar-refractivity contribution in [1.29, 1.82) is 0 Å². The quantitative estimate of drug-likeness (QED) is 0.791. The zero-order valence-corrected chi connectivity index (χ0v) is 8.93. The van der Waals surface area contributed by atoms with Gasteiger partial charge in [0.1, 0.15) is 0 Å². The highest BCUT2D eigenvalue weighted by Gasteiger charge is 2.29. The lowest BCUT2D eigenvalue weighted by atomic mass is 9.91. The molecule has 16 heavy (non-hydrogen) atoms. The minimum atomic E-state index is -1.16. The number of aromatic carboxylic acids is 1. The summed E-state index contributed by atoms with van der Waals surface area (Å²) >= 11 is 0. The first-order valence-electron chi connectivity index (χ1n) is 5.15. The molecular formula is C10H13N3O3. The van der Waals surface area contributed by atoms with E-state index in [0.29, 0.717) is 0 Å². The van der Waals surface area contributed by atoms with Crippen LogP contribution in [0.3, 0.4) is 0 Å². The Balaban J connectivity index is 2.19. The Hall–Kier alpha value is -1.85. The van der Waals surface area contributed by atoms with Crippen LogP contribution in [0.4, 0.5) is 0 Å². The molecule has 1 amide bonds. The van der Waals surface area contributed by atoms with Gasteiger partial charge in [0.25, 0.3) is 5.91 Å². The van der Waals surface area contributed by atoms with Crippen molar-refractivity contribution in [1.82, 2.24) is 14.9 Å². The number of nitrogens with one attached hydrogen (secondary N) is 1. The van der Waals surface area contributed by atoms with Crippen LogP contribution in [-0.2, 0) is 0 Å². The molecule has 0 atom stereocenters. The first-order chi connectivity index (χ1) is 7.61. The molecule has 0 unspecified atom stereocenters. The van der Waals surface area contributed by atoms with Gasteiger partial charge >= 0.3 is 5.97 Å². The highest BCUT2D eigenvalue weighted by Crippen LogP contribution is 2.24. The van der Waals surface area contributed by atoms with Crippen LogP contribution >= 0.6 is 0 Å². The third-order valence-electron chi connectivity index (χ3n) is 3.00. The summed E-state index contributed by atoms with van der Waals surface area (Å²) in [6, 6.07) is 0.228. The molecule has 86 valence electrons. The summed E-state index contributed by atoms with van der Waals surface area (Å²) in [5.74, 6) is -1.49. The Morgan fingerprint density at radius 3 is 2.75 bits per heavy atom. The van der Waals surface area contributed by atoms with Crippen molar-refractivity contribution in [2.45, 2.75) is 25.3 Å². The first-order valence-corrected chi connectivity index (χ1v) is 5.15. The number of carboxylic acids is 1. The standard InChI is InChI=1S/C10H13N3O3/c1-13(6-3-2-4-6)9(14)7-8(10(15)16)12-5-11-7/h5-6H,2-4H2,1H3,(H,11,12)(H,15,16). The number of carbonyl (C=O) groups excluding carboxylic acids is 1. The van der Waals surface area contributed by atoms with E-state index in [2.05, 4.69) is 9.97 Å². The van der Waals surface area contributed by atoms with Gasteiger partial charge in [-0.1, -0.05) is 0 Å². The number of hydrogen-bond acceptors (Lipinski definition) is 3. The van der Waals surface area contributed by atoms with Crippen molar-refractivity contribution in [2.75, 3.05) is 7.05 Å². The van der Waals surface area contributed by atoms with Gasteiger partial charge in [0.05, 0.1) is 6.33 Å². The smallest absolute Gasteiger partial charge is 0.354 e. The lowest BCUT2D eigenvalue weighted by Gasteiger charge is -2.34. The first kappa shape index (κ1) is 10.7. The van der Waals surface area contributed by atoms with Crippen LogP contribution in [0.25, 0.3) is 0 Å². The average Bonchev–Trinajstić information content (AvgIpc) is 2.61. The van der Waals surface area contributed by atoms with E-state index < -0.39 is 5.97 Å². The molecule has 2 rings (SSSR count). The summed E-state index contributed by atoms with van der Waals surface area (Å²) in [5, 5.41) is 8.85. The summed E-state index contributed by atoms with van der Waals surface area (Å²) in [6.45, 7) is 0. The molecule has 6 heteroatoms. The molecule has 1 fully saturated rings. The van der Waals surface area contributed by atoms with Gasteiger partial charge in [-0.15, -0.1) is 0 Å². The van der Waals surface area contributed by atoms with E-state index in [1.54, 1.807) is 11.9 Å².